The van der Waals surface area contributed by atoms with E-state index in [2.05, 4.69) is 5.32 Å². The summed E-state index contributed by atoms with van der Waals surface area (Å²) in [5.41, 5.74) is -0.661. The molecule has 5 rings (SSSR count). The van der Waals surface area contributed by atoms with Crippen molar-refractivity contribution >= 4 is 23.5 Å². The number of carbonyl (C=O) groups is 2. The molecule has 202 valence electrons. The lowest BCUT2D eigenvalue weighted by atomic mass is 9.84. The van der Waals surface area contributed by atoms with Gasteiger partial charge in [0, 0.05) is 24.7 Å². The third kappa shape index (κ3) is 4.96. The molecule has 1 aliphatic carbocycles. The predicted molar refractivity (Wildman–Crippen MR) is 138 cm³/mol. The monoisotopic (exact) mass is 528 g/mol. The summed E-state index contributed by atoms with van der Waals surface area (Å²) in [4.78, 5) is 34.9. The second kappa shape index (κ2) is 10.3. The SMILES string of the molecule is COc1cccc(N2C(=O)NC(=NC3CCCCC3)C23CCN(C(=O)c2ccc(C(F)(F)F)cc2)CC3)c1. The minimum absolute atomic E-state index is 0.146. The molecule has 0 atom stereocenters. The Bertz CT molecular complexity index is 1210. The number of aliphatic imine (C=N–C) groups is 1. The minimum atomic E-state index is -4.46. The van der Waals surface area contributed by atoms with E-state index in [-0.39, 0.29) is 23.5 Å². The molecule has 0 bridgehead atoms. The average Bonchev–Trinajstić information content (AvgIpc) is 3.18. The topological polar surface area (TPSA) is 74.2 Å². The summed E-state index contributed by atoms with van der Waals surface area (Å²) in [5.74, 6) is 0.932. The van der Waals surface area contributed by atoms with Crippen LogP contribution in [0, 0.1) is 0 Å². The fourth-order valence-electron chi connectivity index (χ4n) is 5.76. The molecule has 3 amide bonds. The minimum Gasteiger partial charge on any atom is -0.497 e. The highest BCUT2D eigenvalue weighted by Gasteiger charge is 2.53. The summed E-state index contributed by atoms with van der Waals surface area (Å²) in [6.45, 7) is 0.665. The molecular formula is C28H31F3N4O3. The average molecular weight is 529 g/mol. The number of ether oxygens (including phenoxy) is 1. The molecule has 1 saturated carbocycles. The highest BCUT2D eigenvalue weighted by atomic mass is 19.4. The maximum atomic E-state index is 13.4. The second-order valence-electron chi connectivity index (χ2n) is 10.1. The molecule has 2 heterocycles. The predicted octanol–water partition coefficient (Wildman–Crippen LogP) is 5.65. The number of likely N-dealkylation sites (tertiary alicyclic amines) is 1. The summed E-state index contributed by atoms with van der Waals surface area (Å²) in [6.07, 6.45) is 1.80. The van der Waals surface area contributed by atoms with Gasteiger partial charge >= 0.3 is 12.2 Å². The van der Waals surface area contributed by atoms with Crippen LogP contribution in [0.5, 0.6) is 5.75 Å². The van der Waals surface area contributed by atoms with Crippen molar-refractivity contribution in [2.75, 3.05) is 25.1 Å². The number of halogens is 3. The number of nitrogens with one attached hydrogen (secondary N) is 1. The van der Waals surface area contributed by atoms with Gasteiger partial charge in [0.05, 0.1) is 24.4 Å². The first-order chi connectivity index (χ1) is 18.2. The second-order valence-corrected chi connectivity index (χ2v) is 10.1. The Morgan fingerprint density at radius 3 is 2.37 bits per heavy atom. The van der Waals surface area contributed by atoms with Gasteiger partial charge in [0.2, 0.25) is 0 Å². The third-order valence-electron chi connectivity index (χ3n) is 7.83. The third-order valence-corrected chi connectivity index (χ3v) is 7.83. The Kier molecular flexibility index (Phi) is 7.07. The first-order valence-electron chi connectivity index (χ1n) is 13.0. The van der Waals surface area contributed by atoms with Crippen LogP contribution in [0.15, 0.2) is 53.5 Å². The van der Waals surface area contributed by atoms with Crippen LogP contribution in [-0.4, -0.2) is 54.5 Å². The van der Waals surface area contributed by atoms with Crippen LogP contribution in [0.4, 0.5) is 23.7 Å². The summed E-state index contributed by atoms with van der Waals surface area (Å²) in [6, 6.07) is 11.5. The van der Waals surface area contributed by atoms with E-state index in [9.17, 15) is 22.8 Å². The van der Waals surface area contributed by atoms with Gasteiger partial charge in [-0.1, -0.05) is 25.3 Å². The zero-order valence-electron chi connectivity index (χ0n) is 21.3. The van der Waals surface area contributed by atoms with Crippen molar-refractivity contribution in [3.63, 3.8) is 0 Å². The van der Waals surface area contributed by atoms with Crippen molar-refractivity contribution in [2.45, 2.75) is 62.7 Å². The lowest BCUT2D eigenvalue weighted by Crippen LogP contribution is -2.58. The number of hydrogen-bond acceptors (Lipinski definition) is 4. The molecule has 2 aromatic carbocycles. The molecule has 38 heavy (non-hydrogen) atoms. The van der Waals surface area contributed by atoms with E-state index in [1.807, 2.05) is 24.3 Å². The molecule has 0 radical (unpaired) electrons. The Hall–Kier alpha value is -3.56. The van der Waals surface area contributed by atoms with Gasteiger partial charge in [-0.25, -0.2) is 4.79 Å². The van der Waals surface area contributed by atoms with Gasteiger partial charge in [0.1, 0.15) is 17.1 Å². The van der Waals surface area contributed by atoms with Gasteiger partial charge in [0.25, 0.3) is 5.91 Å². The van der Waals surface area contributed by atoms with Crippen LogP contribution in [-0.2, 0) is 6.18 Å². The summed E-state index contributed by atoms with van der Waals surface area (Å²) in [5, 5.41) is 3.03. The number of amides is 3. The first kappa shape index (κ1) is 26.1. The molecule has 0 unspecified atom stereocenters. The van der Waals surface area contributed by atoms with Crippen LogP contribution in [0.2, 0.25) is 0 Å². The highest BCUT2D eigenvalue weighted by molar-refractivity contribution is 6.19. The van der Waals surface area contributed by atoms with E-state index in [0.29, 0.717) is 43.2 Å². The smallest absolute Gasteiger partial charge is 0.416 e. The molecule has 2 aromatic rings. The van der Waals surface area contributed by atoms with Crippen molar-refractivity contribution in [2.24, 2.45) is 4.99 Å². The molecular weight excluding hydrogens is 497 g/mol. The maximum absolute atomic E-state index is 13.4. The quantitative estimate of drug-likeness (QED) is 0.558. The lowest BCUT2D eigenvalue weighted by molar-refractivity contribution is -0.137. The number of amidine groups is 1. The van der Waals surface area contributed by atoms with Crippen molar-refractivity contribution in [3.05, 3.63) is 59.7 Å². The Morgan fingerprint density at radius 2 is 1.74 bits per heavy atom. The van der Waals surface area contributed by atoms with E-state index in [1.165, 1.54) is 18.6 Å². The van der Waals surface area contributed by atoms with Crippen molar-refractivity contribution in [1.29, 1.82) is 0 Å². The van der Waals surface area contributed by atoms with Gasteiger partial charge in [-0.05, 0) is 62.1 Å². The van der Waals surface area contributed by atoms with Gasteiger partial charge in [-0.15, -0.1) is 0 Å². The fraction of sp³-hybridized carbons (Fsp3) is 0.464. The van der Waals surface area contributed by atoms with Gasteiger partial charge in [-0.2, -0.15) is 13.2 Å². The van der Waals surface area contributed by atoms with Crippen molar-refractivity contribution < 1.29 is 27.5 Å². The first-order valence-corrected chi connectivity index (χ1v) is 13.0. The number of methoxy groups -OCH3 is 1. The Morgan fingerprint density at radius 1 is 1.05 bits per heavy atom. The van der Waals surface area contributed by atoms with Gasteiger partial charge in [-0.3, -0.25) is 20.0 Å². The van der Waals surface area contributed by atoms with E-state index in [4.69, 9.17) is 9.73 Å². The summed E-state index contributed by atoms with van der Waals surface area (Å²) in [7, 11) is 1.57. The van der Waals surface area contributed by atoms with Crippen molar-refractivity contribution in [3.8, 4) is 5.75 Å². The molecule has 2 aliphatic heterocycles. The van der Waals surface area contributed by atoms with Gasteiger partial charge < -0.3 is 9.64 Å². The zero-order chi connectivity index (χ0) is 26.9. The molecule has 3 aliphatic rings. The maximum Gasteiger partial charge on any atom is 0.416 e. The summed E-state index contributed by atoms with van der Waals surface area (Å²) >= 11 is 0. The molecule has 7 nitrogen and oxygen atoms in total. The van der Waals surface area contributed by atoms with E-state index in [1.54, 1.807) is 16.9 Å². The molecule has 3 fully saturated rings. The number of urea groups is 1. The Balaban J connectivity index is 1.42. The normalized spacial score (nSPS) is 21.2. The number of nitrogens with zero attached hydrogens (tertiary/aromatic N) is 3. The number of benzene rings is 2. The highest BCUT2D eigenvalue weighted by Crippen LogP contribution is 2.40. The standard InChI is InChI=1S/C28H31F3N4O3/c1-38-23-9-5-8-22(18-23)35-26(37)33-25(32-21-6-3-2-4-7-21)27(35)14-16-34(17-15-27)24(36)19-10-12-20(13-11-19)28(29,30)31/h5,8-13,18,21H,2-4,6-7,14-17H2,1H3,(H,32,33,37). The molecule has 2 saturated heterocycles. The van der Waals surface area contributed by atoms with E-state index in [0.717, 1.165) is 37.8 Å². The lowest BCUT2D eigenvalue weighted by Gasteiger charge is -2.43. The fourth-order valence-corrected chi connectivity index (χ4v) is 5.76. The van der Waals surface area contributed by atoms with Gasteiger partial charge in [0.15, 0.2) is 0 Å². The number of anilines is 1. The van der Waals surface area contributed by atoms with E-state index < -0.39 is 17.3 Å². The number of piperidine rings is 1. The number of rotatable bonds is 4. The van der Waals surface area contributed by atoms with Crippen LogP contribution in [0.3, 0.4) is 0 Å². The zero-order valence-corrected chi connectivity index (χ0v) is 21.3. The summed E-state index contributed by atoms with van der Waals surface area (Å²) < 4.78 is 44.2. The molecule has 0 aromatic heterocycles. The number of hydrogen-bond donors (Lipinski definition) is 1. The largest absolute Gasteiger partial charge is 0.497 e. The van der Waals surface area contributed by atoms with Crippen LogP contribution >= 0.6 is 0 Å². The van der Waals surface area contributed by atoms with Crippen molar-refractivity contribution in [1.82, 2.24) is 10.2 Å². The van der Waals surface area contributed by atoms with Crippen LogP contribution < -0.4 is 15.0 Å². The van der Waals surface area contributed by atoms with Crippen LogP contribution in [0.1, 0.15) is 60.9 Å². The molecule has 1 spiro atoms. The number of carbonyl (C=O) groups excluding carboxylic acids is 2. The van der Waals surface area contributed by atoms with E-state index >= 15 is 0 Å². The number of alkyl halides is 3. The molecule has 10 heteroatoms. The Labute approximate surface area is 219 Å². The molecule has 1 N–H and O–H groups in total. The van der Waals surface area contributed by atoms with Crippen LogP contribution in [0.25, 0.3) is 0 Å².